The normalized spacial score (nSPS) is 20.9. The summed E-state index contributed by atoms with van der Waals surface area (Å²) in [5.41, 5.74) is 0.507. The van der Waals surface area contributed by atoms with Crippen LogP contribution in [0.15, 0.2) is 60.0 Å². The number of rotatable bonds is 7. The summed E-state index contributed by atoms with van der Waals surface area (Å²) in [5.74, 6) is -3.09. The number of hydrogen-bond acceptors (Lipinski definition) is 7. The SMILES string of the molecule is C=CC(=O)N1CC[C@]2(C1)C[C@@H](n1c(NC(=O)c3ccc(-c4cnco4)s3)nc3cc(C(F)(F)CO)ccc31)C2. The second-order valence-corrected chi connectivity index (χ2v) is 11.2. The van der Waals surface area contributed by atoms with E-state index in [1.807, 2.05) is 4.57 Å². The molecule has 3 aromatic heterocycles. The lowest BCUT2D eigenvalue weighted by Gasteiger charge is -2.46. The Kier molecular flexibility index (Phi) is 6.11. The Balaban J connectivity index is 1.31. The average Bonchev–Trinajstić information content (AvgIpc) is 3.71. The first-order valence-electron chi connectivity index (χ1n) is 12.4. The number of carbonyl (C=O) groups excluding carboxylic acids is 2. The first-order chi connectivity index (χ1) is 18.7. The number of aliphatic hydroxyl groups excluding tert-OH is 1. The van der Waals surface area contributed by atoms with Gasteiger partial charge in [-0.15, -0.1) is 11.3 Å². The molecule has 2 N–H and O–H groups in total. The summed E-state index contributed by atoms with van der Waals surface area (Å²) in [4.78, 5) is 36.7. The van der Waals surface area contributed by atoms with Gasteiger partial charge in [0, 0.05) is 24.7 Å². The van der Waals surface area contributed by atoms with Gasteiger partial charge in [0.1, 0.15) is 6.61 Å². The van der Waals surface area contributed by atoms with E-state index < -0.39 is 12.5 Å². The zero-order chi connectivity index (χ0) is 27.4. The standard InChI is InChI=1S/C27H25F2N5O4S/c1-2-23(36)33-8-7-26(13-33)10-17(11-26)34-19-4-3-16(27(28,29)14-35)9-18(19)31-25(34)32-24(37)22-6-5-21(39-22)20-12-30-15-38-20/h2-6,9,12,15,17,35H,1,7-8,10-11,13-14H2,(H,31,32,37)/t17-,26+. The van der Waals surface area contributed by atoms with Gasteiger partial charge in [0.15, 0.2) is 12.2 Å². The van der Waals surface area contributed by atoms with Crippen LogP contribution in [0.1, 0.15) is 40.5 Å². The number of alkyl halides is 2. The minimum atomic E-state index is -3.42. The number of benzene rings is 1. The molecule has 2 aliphatic rings. The molecule has 1 spiro atoms. The third-order valence-corrected chi connectivity index (χ3v) is 8.77. The Morgan fingerprint density at radius 1 is 1.31 bits per heavy atom. The molecule has 12 heteroatoms. The Morgan fingerprint density at radius 3 is 2.85 bits per heavy atom. The molecule has 4 aromatic rings. The van der Waals surface area contributed by atoms with Crippen molar-refractivity contribution in [3.63, 3.8) is 0 Å². The van der Waals surface area contributed by atoms with Crippen molar-refractivity contribution in [2.45, 2.75) is 31.2 Å². The Hall–Kier alpha value is -3.90. The number of likely N-dealkylation sites (tertiary alicyclic amines) is 1. The van der Waals surface area contributed by atoms with Crippen molar-refractivity contribution < 1.29 is 27.9 Å². The van der Waals surface area contributed by atoms with Gasteiger partial charge in [-0.05, 0) is 55.0 Å². The largest absolute Gasteiger partial charge is 0.443 e. The number of thiophene rings is 1. The van der Waals surface area contributed by atoms with Crippen LogP contribution in [0.2, 0.25) is 0 Å². The molecule has 0 bridgehead atoms. The molecule has 2 fully saturated rings. The molecule has 0 unspecified atom stereocenters. The van der Waals surface area contributed by atoms with Gasteiger partial charge in [-0.3, -0.25) is 14.9 Å². The highest BCUT2D eigenvalue weighted by Gasteiger charge is 2.50. The van der Waals surface area contributed by atoms with Crippen LogP contribution in [0.5, 0.6) is 0 Å². The number of imidazole rings is 1. The Morgan fingerprint density at radius 2 is 2.13 bits per heavy atom. The lowest BCUT2D eigenvalue weighted by Crippen LogP contribution is -2.42. The van der Waals surface area contributed by atoms with E-state index in [2.05, 4.69) is 21.9 Å². The van der Waals surface area contributed by atoms with Gasteiger partial charge in [-0.2, -0.15) is 8.78 Å². The van der Waals surface area contributed by atoms with Crippen LogP contribution in [0.3, 0.4) is 0 Å². The number of hydrogen-bond donors (Lipinski definition) is 2. The zero-order valence-electron chi connectivity index (χ0n) is 20.8. The van der Waals surface area contributed by atoms with E-state index >= 15 is 0 Å². The zero-order valence-corrected chi connectivity index (χ0v) is 21.6. The smallest absolute Gasteiger partial charge is 0.295 e. The van der Waals surface area contributed by atoms with Gasteiger partial charge in [0.2, 0.25) is 11.9 Å². The molecular formula is C27H25F2N5O4S. The van der Waals surface area contributed by atoms with Crippen molar-refractivity contribution in [1.82, 2.24) is 19.4 Å². The predicted octanol–water partition coefficient (Wildman–Crippen LogP) is 4.83. The highest BCUT2D eigenvalue weighted by molar-refractivity contribution is 7.17. The molecule has 1 saturated heterocycles. The van der Waals surface area contributed by atoms with E-state index in [0.29, 0.717) is 34.8 Å². The van der Waals surface area contributed by atoms with Crippen LogP contribution >= 0.6 is 11.3 Å². The lowest BCUT2D eigenvalue weighted by atomic mass is 9.64. The molecule has 1 aliphatic carbocycles. The lowest BCUT2D eigenvalue weighted by molar-refractivity contribution is -0.125. The summed E-state index contributed by atoms with van der Waals surface area (Å²) < 4.78 is 35.7. The highest BCUT2D eigenvalue weighted by atomic mass is 32.1. The van der Waals surface area contributed by atoms with Crippen molar-refractivity contribution in [2.24, 2.45) is 5.41 Å². The number of halogens is 2. The van der Waals surface area contributed by atoms with Gasteiger partial charge in [0.25, 0.3) is 11.8 Å². The highest BCUT2D eigenvalue weighted by Crippen LogP contribution is 2.55. The third-order valence-electron chi connectivity index (χ3n) is 7.67. The van der Waals surface area contributed by atoms with Crippen molar-refractivity contribution in [2.75, 3.05) is 25.0 Å². The van der Waals surface area contributed by atoms with Gasteiger partial charge in [-0.25, -0.2) is 9.97 Å². The molecule has 9 nitrogen and oxygen atoms in total. The Bertz CT molecular complexity index is 1570. The number of nitrogens with one attached hydrogen (secondary N) is 1. The van der Waals surface area contributed by atoms with Gasteiger partial charge in [-0.1, -0.05) is 12.6 Å². The number of anilines is 1. The van der Waals surface area contributed by atoms with Crippen molar-refractivity contribution in [1.29, 1.82) is 0 Å². The van der Waals surface area contributed by atoms with E-state index in [1.165, 1.54) is 35.9 Å². The molecule has 4 heterocycles. The summed E-state index contributed by atoms with van der Waals surface area (Å²) in [6.45, 7) is 3.56. The maximum atomic E-state index is 14.2. The number of nitrogens with zero attached hydrogens (tertiary/aromatic N) is 4. The van der Waals surface area contributed by atoms with Crippen LogP contribution in [0.4, 0.5) is 14.7 Å². The molecule has 1 saturated carbocycles. The first kappa shape index (κ1) is 25.4. The molecule has 1 aliphatic heterocycles. The topological polar surface area (TPSA) is 113 Å². The first-order valence-corrected chi connectivity index (χ1v) is 13.3. The molecule has 6 rings (SSSR count). The molecule has 2 amide bonds. The third kappa shape index (κ3) is 4.43. The number of oxazole rings is 1. The summed E-state index contributed by atoms with van der Waals surface area (Å²) in [7, 11) is 0. The molecule has 1 aromatic carbocycles. The van der Waals surface area contributed by atoms with Crippen LogP contribution in [-0.4, -0.2) is 56.1 Å². The monoisotopic (exact) mass is 553 g/mol. The number of fused-ring (bicyclic) bond motifs is 1. The minimum absolute atomic E-state index is 0.0369. The van der Waals surface area contributed by atoms with E-state index in [1.54, 1.807) is 29.3 Å². The number of carbonyl (C=O) groups is 2. The molecule has 0 atom stereocenters. The molecule has 202 valence electrons. The van der Waals surface area contributed by atoms with Crippen LogP contribution < -0.4 is 5.32 Å². The van der Waals surface area contributed by atoms with E-state index in [4.69, 9.17) is 9.52 Å². The Labute approximate surface area is 225 Å². The van der Waals surface area contributed by atoms with E-state index in [9.17, 15) is 18.4 Å². The fourth-order valence-corrected chi connectivity index (χ4v) is 6.53. The summed E-state index contributed by atoms with van der Waals surface area (Å²) >= 11 is 1.23. The molecule has 39 heavy (non-hydrogen) atoms. The van der Waals surface area contributed by atoms with Crippen LogP contribution in [-0.2, 0) is 10.7 Å². The quantitative estimate of drug-likeness (QED) is 0.317. The molecule has 0 radical (unpaired) electrons. The predicted molar refractivity (Wildman–Crippen MR) is 141 cm³/mol. The molecular weight excluding hydrogens is 528 g/mol. The summed E-state index contributed by atoms with van der Waals surface area (Å²) in [6.07, 6.45) is 6.57. The number of aromatic nitrogens is 3. The van der Waals surface area contributed by atoms with Crippen molar-refractivity contribution in [3.05, 3.63) is 66.0 Å². The van der Waals surface area contributed by atoms with E-state index in [0.717, 1.165) is 24.1 Å². The fraction of sp³-hybridized carbons (Fsp3) is 0.333. The maximum absolute atomic E-state index is 14.2. The maximum Gasteiger partial charge on any atom is 0.295 e. The van der Waals surface area contributed by atoms with Crippen LogP contribution in [0, 0.1) is 5.41 Å². The average molecular weight is 554 g/mol. The number of amides is 2. The second-order valence-electron chi connectivity index (χ2n) is 10.1. The second kappa shape index (κ2) is 9.38. The van der Waals surface area contributed by atoms with Crippen molar-refractivity contribution >= 4 is 40.1 Å². The van der Waals surface area contributed by atoms with Gasteiger partial charge >= 0.3 is 0 Å². The summed E-state index contributed by atoms with van der Waals surface area (Å²) in [5, 5.41) is 12.0. The number of aliphatic hydroxyl groups is 1. The van der Waals surface area contributed by atoms with Crippen molar-refractivity contribution in [3.8, 4) is 10.6 Å². The minimum Gasteiger partial charge on any atom is -0.443 e. The van der Waals surface area contributed by atoms with Gasteiger partial charge < -0.3 is 19.0 Å². The fourth-order valence-electron chi connectivity index (χ4n) is 5.68. The van der Waals surface area contributed by atoms with Crippen LogP contribution in [0.25, 0.3) is 21.7 Å². The van der Waals surface area contributed by atoms with Gasteiger partial charge in [0.05, 0.1) is 27.0 Å². The van der Waals surface area contributed by atoms with E-state index in [-0.39, 0.29) is 34.8 Å². The summed E-state index contributed by atoms with van der Waals surface area (Å²) in [6, 6.07) is 7.48.